The molecule has 7 nitrogen and oxygen atoms in total. The first-order chi connectivity index (χ1) is 15.6. The normalized spacial score (nSPS) is 12.0. The first-order valence-electron chi connectivity index (χ1n) is 10.1. The van der Waals surface area contributed by atoms with Crippen LogP contribution in [0.25, 0.3) is 22.3 Å². The number of rotatable bonds is 5. The highest BCUT2D eigenvalue weighted by atomic mass is 16.7. The van der Waals surface area contributed by atoms with Crippen LogP contribution in [-0.2, 0) is 0 Å². The number of benzene rings is 3. The molecular formula is C25H19NO6. The Morgan fingerprint density at radius 3 is 2.59 bits per heavy atom. The van der Waals surface area contributed by atoms with Crippen molar-refractivity contribution in [1.29, 1.82) is 0 Å². The van der Waals surface area contributed by atoms with Crippen molar-refractivity contribution in [2.75, 3.05) is 18.7 Å². The number of carbonyl (C=O) groups is 1. The highest BCUT2D eigenvalue weighted by Gasteiger charge is 2.17. The summed E-state index contributed by atoms with van der Waals surface area (Å²) in [4.78, 5) is 25.4. The van der Waals surface area contributed by atoms with Gasteiger partial charge in [0.1, 0.15) is 17.1 Å². The Labute approximate surface area is 183 Å². The average molecular weight is 429 g/mol. The predicted octanol–water partition coefficient (Wildman–Crippen LogP) is 4.84. The smallest absolute Gasteiger partial charge is 0.255 e. The van der Waals surface area contributed by atoms with E-state index in [1.54, 1.807) is 36.4 Å². The summed E-state index contributed by atoms with van der Waals surface area (Å²) in [5, 5.41) is 3.18. The molecule has 0 aliphatic carbocycles. The molecule has 0 spiro atoms. The molecule has 7 heteroatoms. The summed E-state index contributed by atoms with van der Waals surface area (Å²) in [7, 11) is 0. The molecule has 1 amide bonds. The summed E-state index contributed by atoms with van der Waals surface area (Å²) in [6, 6.07) is 18.7. The maximum Gasteiger partial charge on any atom is 0.255 e. The standard InChI is InChI=1S/C25H19NO6/c1-2-29-18-7-3-15(4-8-18)23-13-20(27)19-12-17(6-10-21(19)32-23)26-25(28)16-5-9-22-24(11-16)31-14-30-22/h3-13H,2,14H2,1H3,(H,26,28). The van der Waals surface area contributed by atoms with Crippen LogP contribution in [-0.4, -0.2) is 19.3 Å². The van der Waals surface area contributed by atoms with Crippen molar-refractivity contribution >= 4 is 22.6 Å². The Balaban J connectivity index is 1.40. The summed E-state index contributed by atoms with van der Waals surface area (Å²) in [5.41, 5.74) is 1.91. The number of hydrogen-bond acceptors (Lipinski definition) is 6. The lowest BCUT2D eigenvalue weighted by atomic mass is 10.1. The fourth-order valence-corrected chi connectivity index (χ4v) is 3.50. The minimum atomic E-state index is -0.321. The molecule has 1 N–H and O–H groups in total. The fraction of sp³-hybridized carbons (Fsp3) is 0.120. The zero-order valence-electron chi connectivity index (χ0n) is 17.2. The summed E-state index contributed by atoms with van der Waals surface area (Å²) in [6.07, 6.45) is 0. The van der Waals surface area contributed by atoms with Crippen LogP contribution < -0.4 is 25.0 Å². The first kappa shape index (κ1) is 19.7. The van der Waals surface area contributed by atoms with E-state index >= 15 is 0 Å². The van der Waals surface area contributed by atoms with Gasteiger partial charge in [-0.15, -0.1) is 0 Å². The minimum absolute atomic E-state index is 0.138. The van der Waals surface area contributed by atoms with E-state index < -0.39 is 0 Å². The number of fused-ring (bicyclic) bond motifs is 2. The molecule has 0 atom stereocenters. The zero-order chi connectivity index (χ0) is 22.1. The van der Waals surface area contributed by atoms with Crippen molar-refractivity contribution in [1.82, 2.24) is 0 Å². The molecule has 5 rings (SSSR count). The Morgan fingerprint density at radius 2 is 1.78 bits per heavy atom. The van der Waals surface area contributed by atoms with Gasteiger partial charge in [0.2, 0.25) is 6.79 Å². The molecule has 0 saturated carbocycles. The van der Waals surface area contributed by atoms with E-state index in [1.165, 1.54) is 6.07 Å². The topological polar surface area (TPSA) is 87.0 Å². The van der Waals surface area contributed by atoms with Gasteiger partial charge in [-0.25, -0.2) is 0 Å². The van der Waals surface area contributed by atoms with Crippen LogP contribution in [0.1, 0.15) is 17.3 Å². The van der Waals surface area contributed by atoms with Crippen LogP contribution in [0.3, 0.4) is 0 Å². The Bertz CT molecular complexity index is 1370. The van der Waals surface area contributed by atoms with Crippen molar-refractivity contribution in [3.8, 4) is 28.6 Å². The van der Waals surface area contributed by atoms with Gasteiger partial charge in [-0.1, -0.05) is 0 Å². The summed E-state index contributed by atoms with van der Waals surface area (Å²) < 4.78 is 22.0. The van der Waals surface area contributed by atoms with Crippen LogP contribution in [0.4, 0.5) is 5.69 Å². The van der Waals surface area contributed by atoms with Gasteiger partial charge in [-0.2, -0.15) is 0 Å². The second-order valence-electron chi connectivity index (χ2n) is 7.17. The third-order valence-corrected chi connectivity index (χ3v) is 5.07. The Hall–Kier alpha value is -4.26. The van der Waals surface area contributed by atoms with Gasteiger partial charge in [-0.3, -0.25) is 9.59 Å². The van der Waals surface area contributed by atoms with Gasteiger partial charge in [0, 0.05) is 22.9 Å². The SMILES string of the molecule is CCOc1ccc(-c2cc(=O)c3cc(NC(=O)c4ccc5c(c4)OCO5)ccc3o2)cc1. The lowest BCUT2D eigenvalue weighted by Crippen LogP contribution is -2.12. The fourth-order valence-electron chi connectivity index (χ4n) is 3.50. The van der Waals surface area contributed by atoms with E-state index in [-0.39, 0.29) is 18.1 Å². The third kappa shape index (κ3) is 3.76. The Kier molecular flexibility index (Phi) is 4.99. The quantitative estimate of drug-likeness (QED) is 0.489. The molecule has 2 heterocycles. The number of nitrogens with one attached hydrogen (secondary N) is 1. The van der Waals surface area contributed by atoms with Crippen molar-refractivity contribution in [3.05, 3.63) is 82.5 Å². The predicted molar refractivity (Wildman–Crippen MR) is 120 cm³/mol. The van der Waals surface area contributed by atoms with Crippen molar-refractivity contribution in [2.45, 2.75) is 6.92 Å². The Morgan fingerprint density at radius 1 is 0.969 bits per heavy atom. The van der Waals surface area contributed by atoms with Gasteiger partial charge < -0.3 is 23.9 Å². The number of anilines is 1. The van der Waals surface area contributed by atoms with E-state index in [0.29, 0.717) is 46.1 Å². The lowest BCUT2D eigenvalue weighted by molar-refractivity contribution is 0.102. The van der Waals surface area contributed by atoms with E-state index in [4.69, 9.17) is 18.6 Å². The highest BCUT2D eigenvalue weighted by molar-refractivity contribution is 6.05. The molecule has 160 valence electrons. The first-order valence-corrected chi connectivity index (χ1v) is 10.1. The maximum absolute atomic E-state index is 12.8. The average Bonchev–Trinajstić information content (AvgIpc) is 3.28. The maximum atomic E-state index is 12.8. The van der Waals surface area contributed by atoms with Crippen molar-refractivity contribution in [2.24, 2.45) is 0 Å². The van der Waals surface area contributed by atoms with Gasteiger partial charge in [-0.05, 0) is 67.6 Å². The van der Waals surface area contributed by atoms with E-state index in [1.807, 2.05) is 31.2 Å². The molecule has 0 saturated heterocycles. The van der Waals surface area contributed by atoms with Crippen LogP contribution in [0, 0.1) is 0 Å². The van der Waals surface area contributed by atoms with Gasteiger partial charge in [0.15, 0.2) is 16.9 Å². The largest absolute Gasteiger partial charge is 0.494 e. The lowest BCUT2D eigenvalue weighted by Gasteiger charge is -2.08. The molecule has 1 aliphatic rings. The molecule has 1 aliphatic heterocycles. The van der Waals surface area contributed by atoms with Crippen LogP contribution in [0.2, 0.25) is 0 Å². The minimum Gasteiger partial charge on any atom is -0.494 e. The molecule has 0 radical (unpaired) electrons. The molecule has 0 bridgehead atoms. The number of amides is 1. The number of carbonyl (C=O) groups excluding carboxylic acids is 1. The zero-order valence-corrected chi connectivity index (χ0v) is 17.2. The third-order valence-electron chi connectivity index (χ3n) is 5.07. The molecule has 3 aromatic carbocycles. The molecule has 0 unspecified atom stereocenters. The van der Waals surface area contributed by atoms with E-state index in [2.05, 4.69) is 5.32 Å². The second kappa shape index (κ2) is 8.11. The summed E-state index contributed by atoms with van der Waals surface area (Å²) >= 11 is 0. The van der Waals surface area contributed by atoms with E-state index in [9.17, 15) is 9.59 Å². The molecule has 4 aromatic rings. The van der Waals surface area contributed by atoms with Gasteiger partial charge >= 0.3 is 0 Å². The van der Waals surface area contributed by atoms with Gasteiger partial charge in [0.05, 0.1) is 12.0 Å². The molecule has 1 aromatic heterocycles. The van der Waals surface area contributed by atoms with Crippen LogP contribution in [0.5, 0.6) is 17.2 Å². The van der Waals surface area contributed by atoms with E-state index in [0.717, 1.165) is 11.3 Å². The second-order valence-corrected chi connectivity index (χ2v) is 7.17. The number of hydrogen-bond donors (Lipinski definition) is 1. The summed E-state index contributed by atoms with van der Waals surface area (Å²) in [6.45, 7) is 2.64. The van der Waals surface area contributed by atoms with Gasteiger partial charge in [0.25, 0.3) is 5.91 Å². The monoisotopic (exact) mass is 429 g/mol. The van der Waals surface area contributed by atoms with Crippen molar-refractivity contribution < 1.29 is 23.4 Å². The van der Waals surface area contributed by atoms with Crippen LogP contribution >= 0.6 is 0 Å². The molecule has 32 heavy (non-hydrogen) atoms. The molecule has 0 fully saturated rings. The highest BCUT2D eigenvalue weighted by Crippen LogP contribution is 2.33. The molecular weight excluding hydrogens is 410 g/mol. The van der Waals surface area contributed by atoms with Crippen molar-refractivity contribution in [3.63, 3.8) is 0 Å². The van der Waals surface area contributed by atoms with Crippen LogP contribution in [0.15, 0.2) is 75.9 Å². The summed E-state index contributed by atoms with van der Waals surface area (Å²) in [5.74, 6) is 2.02. The number of ether oxygens (including phenoxy) is 3.